The van der Waals surface area contributed by atoms with E-state index in [1.165, 1.54) is 16.2 Å². The van der Waals surface area contributed by atoms with Crippen molar-refractivity contribution < 1.29 is 0 Å². The molecule has 0 aliphatic rings. The van der Waals surface area contributed by atoms with Crippen LogP contribution in [0.15, 0.2) is 35.2 Å². The maximum Gasteiger partial charge on any atom is 0.0244 e. The monoisotopic (exact) mass is 224 g/mol. The van der Waals surface area contributed by atoms with E-state index in [2.05, 4.69) is 49.6 Å². The summed E-state index contributed by atoms with van der Waals surface area (Å²) < 4.78 is 0. The summed E-state index contributed by atoms with van der Waals surface area (Å²) in [4.78, 5) is 1.45. The van der Waals surface area contributed by atoms with E-state index in [0.717, 1.165) is 5.75 Å². The lowest BCUT2D eigenvalue weighted by Crippen LogP contribution is -1.83. The molecule has 1 aromatic rings. The van der Waals surface area contributed by atoms with Gasteiger partial charge in [-0.3, -0.25) is 0 Å². The van der Waals surface area contributed by atoms with Crippen LogP contribution in [0.1, 0.15) is 12.5 Å². The second-order valence-corrected chi connectivity index (χ2v) is 5.07. The summed E-state index contributed by atoms with van der Waals surface area (Å²) >= 11 is 3.82. The minimum atomic E-state index is 1.13. The van der Waals surface area contributed by atoms with Gasteiger partial charge in [0, 0.05) is 5.75 Å². The Morgan fingerprint density at radius 3 is 2.57 bits per heavy atom. The van der Waals surface area contributed by atoms with Crippen LogP contribution in [0.4, 0.5) is 0 Å². The molecule has 0 N–H and O–H groups in total. The molecule has 0 saturated heterocycles. The molecule has 0 saturated carbocycles. The molecule has 0 radical (unpaired) electrons. The quantitative estimate of drug-likeness (QED) is 0.737. The summed E-state index contributed by atoms with van der Waals surface area (Å²) in [5, 5.41) is 0. The van der Waals surface area contributed by atoms with Gasteiger partial charge in [-0.05, 0) is 28.6 Å². The standard InChI is InChI=1S/C12H16S2/c1-3-14-10-12(13-2)9-11-7-5-4-6-8-11/h4-9H,3,10H2,1-2H3/b12-9-. The van der Waals surface area contributed by atoms with Crippen molar-refractivity contribution in [2.45, 2.75) is 6.92 Å². The minimum Gasteiger partial charge on any atom is -0.157 e. The molecule has 1 aromatic carbocycles. The second-order valence-electron chi connectivity index (χ2n) is 2.86. The van der Waals surface area contributed by atoms with Crippen molar-refractivity contribution in [2.75, 3.05) is 17.8 Å². The molecule has 1 rings (SSSR count). The summed E-state index contributed by atoms with van der Waals surface area (Å²) in [6.07, 6.45) is 4.42. The zero-order chi connectivity index (χ0) is 10.2. The number of benzene rings is 1. The van der Waals surface area contributed by atoms with Crippen LogP contribution in [0.2, 0.25) is 0 Å². The summed E-state index contributed by atoms with van der Waals surface area (Å²) in [5.74, 6) is 2.32. The summed E-state index contributed by atoms with van der Waals surface area (Å²) in [6.45, 7) is 2.20. The van der Waals surface area contributed by atoms with Crippen LogP contribution < -0.4 is 0 Å². The molecule has 0 unspecified atom stereocenters. The van der Waals surface area contributed by atoms with Gasteiger partial charge in [0.05, 0.1) is 0 Å². The SMILES string of the molecule is CCSC/C(=C/c1ccccc1)SC. The van der Waals surface area contributed by atoms with Crippen LogP contribution in [0.3, 0.4) is 0 Å². The van der Waals surface area contributed by atoms with Crippen LogP contribution in [0.25, 0.3) is 6.08 Å². The molecule has 0 heterocycles. The zero-order valence-electron chi connectivity index (χ0n) is 8.69. The molecular formula is C12H16S2. The molecule has 76 valence electrons. The minimum absolute atomic E-state index is 1.13. The maximum atomic E-state index is 2.27. The van der Waals surface area contributed by atoms with Crippen LogP contribution in [-0.4, -0.2) is 17.8 Å². The van der Waals surface area contributed by atoms with E-state index < -0.39 is 0 Å². The fraction of sp³-hybridized carbons (Fsp3) is 0.333. The highest BCUT2D eigenvalue weighted by atomic mass is 32.2. The first-order chi connectivity index (χ1) is 6.86. The van der Waals surface area contributed by atoms with Gasteiger partial charge >= 0.3 is 0 Å². The highest BCUT2D eigenvalue weighted by Crippen LogP contribution is 2.20. The van der Waals surface area contributed by atoms with Crippen molar-refractivity contribution in [3.05, 3.63) is 40.8 Å². The van der Waals surface area contributed by atoms with Crippen LogP contribution in [0.5, 0.6) is 0 Å². The van der Waals surface area contributed by atoms with Gasteiger partial charge in [0.25, 0.3) is 0 Å². The van der Waals surface area contributed by atoms with Gasteiger partial charge in [-0.2, -0.15) is 11.8 Å². The van der Waals surface area contributed by atoms with E-state index in [1.54, 1.807) is 0 Å². The Morgan fingerprint density at radius 2 is 2.00 bits per heavy atom. The highest BCUT2D eigenvalue weighted by Gasteiger charge is 1.95. The van der Waals surface area contributed by atoms with Gasteiger partial charge in [-0.25, -0.2) is 0 Å². The first kappa shape index (κ1) is 11.7. The Hall–Kier alpha value is -0.340. The molecule has 2 heteroatoms. The lowest BCUT2D eigenvalue weighted by molar-refractivity contribution is 1.51. The molecule has 0 fully saturated rings. The molecule has 0 atom stereocenters. The molecule has 0 nitrogen and oxygen atoms in total. The summed E-state index contributed by atoms with van der Waals surface area (Å²) in [7, 11) is 0. The molecule has 0 spiro atoms. The molecule has 0 aliphatic carbocycles. The van der Waals surface area contributed by atoms with Crippen molar-refractivity contribution in [3.63, 3.8) is 0 Å². The van der Waals surface area contributed by atoms with Crippen molar-refractivity contribution in [1.29, 1.82) is 0 Å². The lowest BCUT2D eigenvalue weighted by atomic mass is 10.2. The Morgan fingerprint density at radius 1 is 1.29 bits per heavy atom. The second kappa shape index (κ2) is 7.02. The zero-order valence-corrected chi connectivity index (χ0v) is 10.3. The largest absolute Gasteiger partial charge is 0.157 e. The van der Waals surface area contributed by atoms with Gasteiger partial charge in [-0.1, -0.05) is 37.3 Å². The van der Waals surface area contributed by atoms with E-state index in [-0.39, 0.29) is 0 Å². The topological polar surface area (TPSA) is 0 Å². The van der Waals surface area contributed by atoms with E-state index in [0.29, 0.717) is 0 Å². The average Bonchev–Trinajstić information content (AvgIpc) is 2.25. The summed E-state index contributed by atoms with van der Waals surface area (Å²) in [6, 6.07) is 10.5. The Kier molecular flexibility index (Phi) is 5.88. The van der Waals surface area contributed by atoms with Gasteiger partial charge in [0.2, 0.25) is 0 Å². The van der Waals surface area contributed by atoms with Gasteiger partial charge in [-0.15, -0.1) is 11.8 Å². The Bertz CT molecular complexity index is 278. The first-order valence-electron chi connectivity index (χ1n) is 4.74. The molecule has 0 aromatic heterocycles. The van der Waals surface area contributed by atoms with Crippen molar-refractivity contribution in [2.24, 2.45) is 0 Å². The number of hydrogen-bond donors (Lipinski definition) is 0. The predicted molar refractivity (Wildman–Crippen MR) is 70.9 cm³/mol. The first-order valence-corrected chi connectivity index (χ1v) is 7.12. The summed E-state index contributed by atoms with van der Waals surface area (Å²) in [5.41, 5.74) is 1.30. The van der Waals surface area contributed by atoms with Crippen LogP contribution in [-0.2, 0) is 0 Å². The van der Waals surface area contributed by atoms with E-state index >= 15 is 0 Å². The van der Waals surface area contributed by atoms with E-state index in [4.69, 9.17) is 0 Å². The molecule has 14 heavy (non-hydrogen) atoms. The van der Waals surface area contributed by atoms with Crippen molar-refractivity contribution in [3.8, 4) is 0 Å². The third-order valence-electron chi connectivity index (χ3n) is 1.84. The third-order valence-corrected chi connectivity index (χ3v) is 3.73. The smallest absolute Gasteiger partial charge is 0.0244 e. The van der Waals surface area contributed by atoms with Crippen LogP contribution in [0, 0.1) is 0 Å². The predicted octanol–water partition coefficient (Wildman–Crippen LogP) is 4.14. The van der Waals surface area contributed by atoms with Crippen molar-refractivity contribution in [1.82, 2.24) is 0 Å². The lowest BCUT2D eigenvalue weighted by Gasteiger charge is -2.02. The average molecular weight is 224 g/mol. The van der Waals surface area contributed by atoms with Gasteiger partial charge in [0.15, 0.2) is 0 Å². The van der Waals surface area contributed by atoms with E-state index in [9.17, 15) is 0 Å². The fourth-order valence-electron chi connectivity index (χ4n) is 1.10. The molecule has 0 aliphatic heterocycles. The number of hydrogen-bond acceptors (Lipinski definition) is 2. The fourth-order valence-corrected chi connectivity index (χ4v) is 2.56. The molecule has 0 bridgehead atoms. The van der Waals surface area contributed by atoms with Crippen LogP contribution >= 0.6 is 23.5 Å². The molecule has 0 amide bonds. The Labute approximate surface area is 95.2 Å². The van der Waals surface area contributed by atoms with E-state index in [1.807, 2.05) is 23.5 Å². The number of thioether (sulfide) groups is 2. The Balaban J connectivity index is 2.64. The maximum absolute atomic E-state index is 2.27. The van der Waals surface area contributed by atoms with Gasteiger partial charge in [0.1, 0.15) is 0 Å². The van der Waals surface area contributed by atoms with Crippen molar-refractivity contribution >= 4 is 29.6 Å². The number of rotatable bonds is 5. The molecular weight excluding hydrogens is 208 g/mol. The van der Waals surface area contributed by atoms with Gasteiger partial charge < -0.3 is 0 Å². The highest BCUT2D eigenvalue weighted by molar-refractivity contribution is 8.05. The third kappa shape index (κ3) is 4.25. The normalized spacial score (nSPS) is 11.7.